The lowest BCUT2D eigenvalue weighted by Gasteiger charge is -2.23. The topological polar surface area (TPSA) is 49.3 Å². The first-order valence-corrected chi connectivity index (χ1v) is 9.70. The first kappa shape index (κ1) is 18.7. The number of amides is 1. The Morgan fingerprint density at radius 1 is 1.08 bits per heavy atom. The average molecular weight is 351 g/mol. The van der Waals surface area contributed by atoms with Crippen molar-refractivity contribution < 1.29 is 9.90 Å². The van der Waals surface area contributed by atoms with Crippen molar-refractivity contribution in [2.45, 2.75) is 57.9 Å². The Labute approximate surface area is 156 Å². The summed E-state index contributed by atoms with van der Waals surface area (Å²) in [5.74, 6) is 0.425. The van der Waals surface area contributed by atoms with Crippen LogP contribution in [0.2, 0.25) is 0 Å². The lowest BCUT2D eigenvalue weighted by Crippen LogP contribution is -2.35. The van der Waals surface area contributed by atoms with Crippen molar-refractivity contribution in [2.75, 3.05) is 6.61 Å². The third-order valence-corrected chi connectivity index (χ3v) is 5.33. The maximum atomic E-state index is 12.7. The molecule has 1 amide bonds. The summed E-state index contributed by atoms with van der Waals surface area (Å²) >= 11 is 0. The molecular weight excluding hydrogens is 322 g/mol. The molecule has 3 nitrogen and oxygen atoms in total. The van der Waals surface area contributed by atoms with E-state index >= 15 is 0 Å². The summed E-state index contributed by atoms with van der Waals surface area (Å²) in [6.07, 6.45) is 6.25. The highest BCUT2D eigenvalue weighted by molar-refractivity contribution is 5.96. The van der Waals surface area contributed by atoms with Gasteiger partial charge in [-0.3, -0.25) is 4.79 Å². The monoisotopic (exact) mass is 351 g/mol. The zero-order chi connectivity index (χ0) is 18.5. The largest absolute Gasteiger partial charge is 0.394 e. The number of aryl methyl sites for hydroxylation is 1. The van der Waals surface area contributed by atoms with Crippen LogP contribution in [-0.4, -0.2) is 23.7 Å². The summed E-state index contributed by atoms with van der Waals surface area (Å²) in [5, 5.41) is 12.1. The molecule has 1 aliphatic carbocycles. The Morgan fingerprint density at radius 2 is 1.77 bits per heavy atom. The van der Waals surface area contributed by atoms with E-state index in [1.54, 1.807) is 0 Å². The van der Waals surface area contributed by atoms with Gasteiger partial charge in [0.15, 0.2) is 0 Å². The van der Waals surface area contributed by atoms with E-state index in [1.165, 1.54) is 43.2 Å². The molecule has 2 aromatic carbocycles. The second kappa shape index (κ2) is 8.50. The molecule has 138 valence electrons. The SMILES string of the molecule is Cc1ccc(-c2cc(C(=O)N[C@@H](C)CO)cc(C3CCCCC3)c2)cc1. The van der Waals surface area contributed by atoms with E-state index in [0.29, 0.717) is 11.5 Å². The third kappa shape index (κ3) is 4.53. The fourth-order valence-electron chi connectivity index (χ4n) is 3.72. The van der Waals surface area contributed by atoms with Gasteiger partial charge in [-0.1, -0.05) is 55.2 Å². The Bertz CT molecular complexity index is 745. The molecule has 26 heavy (non-hydrogen) atoms. The van der Waals surface area contributed by atoms with Gasteiger partial charge in [-0.25, -0.2) is 0 Å². The molecule has 0 unspecified atom stereocenters. The number of aliphatic hydroxyl groups excluding tert-OH is 1. The first-order chi connectivity index (χ1) is 12.6. The quantitative estimate of drug-likeness (QED) is 0.811. The van der Waals surface area contributed by atoms with Crippen molar-refractivity contribution in [1.82, 2.24) is 5.32 Å². The zero-order valence-corrected chi connectivity index (χ0v) is 15.8. The van der Waals surface area contributed by atoms with Crippen LogP contribution in [0.5, 0.6) is 0 Å². The number of nitrogens with one attached hydrogen (secondary N) is 1. The normalized spacial score (nSPS) is 16.3. The maximum Gasteiger partial charge on any atom is 0.251 e. The van der Waals surface area contributed by atoms with Crippen molar-refractivity contribution in [3.8, 4) is 11.1 Å². The molecule has 1 aliphatic rings. The summed E-state index contributed by atoms with van der Waals surface area (Å²) in [4.78, 5) is 12.7. The van der Waals surface area contributed by atoms with Crippen LogP contribution >= 0.6 is 0 Å². The van der Waals surface area contributed by atoms with E-state index in [-0.39, 0.29) is 18.6 Å². The Kier molecular flexibility index (Phi) is 6.10. The molecule has 2 N–H and O–H groups in total. The highest BCUT2D eigenvalue weighted by Gasteiger charge is 2.19. The van der Waals surface area contributed by atoms with Crippen molar-refractivity contribution >= 4 is 5.91 Å². The van der Waals surface area contributed by atoms with Crippen molar-refractivity contribution in [3.05, 3.63) is 59.2 Å². The van der Waals surface area contributed by atoms with Crippen LogP contribution in [0.4, 0.5) is 0 Å². The molecule has 0 saturated heterocycles. The Hall–Kier alpha value is -2.13. The molecule has 0 aliphatic heterocycles. The van der Waals surface area contributed by atoms with Gasteiger partial charge >= 0.3 is 0 Å². The van der Waals surface area contributed by atoms with Crippen LogP contribution in [-0.2, 0) is 0 Å². The molecule has 0 aromatic heterocycles. The van der Waals surface area contributed by atoms with Gasteiger partial charge in [0, 0.05) is 11.6 Å². The van der Waals surface area contributed by atoms with Crippen molar-refractivity contribution in [2.24, 2.45) is 0 Å². The van der Waals surface area contributed by atoms with Crippen LogP contribution in [0.25, 0.3) is 11.1 Å². The summed E-state index contributed by atoms with van der Waals surface area (Å²) < 4.78 is 0. The van der Waals surface area contributed by atoms with Gasteiger partial charge in [-0.15, -0.1) is 0 Å². The van der Waals surface area contributed by atoms with Crippen molar-refractivity contribution in [3.63, 3.8) is 0 Å². The molecule has 1 fully saturated rings. The zero-order valence-electron chi connectivity index (χ0n) is 15.8. The molecular formula is C23H29NO2. The molecule has 3 heteroatoms. The van der Waals surface area contributed by atoms with Crippen LogP contribution in [0.1, 0.15) is 66.4 Å². The van der Waals surface area contributed by atoms with Gasteiger partial charge in [0.2, 0.25) is 0 Å². The smallest absolute Gasteiger partial charge is 0.251 e. The molecule has 0 bridgehead atoms. The van der Waals surface area contributed by atoms with Crippen molar-refractivity contribution in [1.29, 1.82) is 0 Å². The minimum atomic E-state index is -0.247. The van der Waals surface area contributed by atoms with Crippen LogP contribution in [0.3, 0.4) is 0 Å². The van der Waals surface area contributed by atoms with E-state index in [9.17, 15) is 9.90 Å². The Morgan fingerprint density at radius 3 is 2.42 bits per heavy atom. The number of aliphatic hydroxyl groups is 1. The number of benzene rings is 2. The number of carbonyl (C=O) groups is 1. The average Bonchev–Trinajstić information content (AvgIpc) is 2.68. The number of carbonyl (C=O) groups excluding carboxylic acids is 1. The fourth-order valence-corrected chi connectivity index (χ4v) is 3.72. The summed E-state index contributed by atoms with van der Waals surface area (Å²) in [7, 11) is 0. The van der Waals surface area contributed by atoms with Crippen LogP contribution in [0.15, 0.2) is 42.5 Å². The van der Waals surface area contributed by atoms with Crippen LogP contribution < -0.4 is 5.32 Å². The molecule has 3 rings (SSSR count). The standard InChI is InChI=1S/C23H29NO2/c1-16-8-10-19(11-9-16)21-12-20(18-6-4-3-5-7-18)13-22(14-21)23(26)24-17(2)15-25/h8-14,17-18,25H,3-7,15H2,1-2H3,(H,24,26)/t17-/m0/s1. The lowest BCUT2D eigenvalue weighted by atomic mass is 9.82. The summed E-state index contributed by atoms with van der Waals surface area (Å²) in [6.45, 7) is 3.83. The first-order valence-electron chi connectivity index (χ1n) is 9.70. The predicted molar refractivity (Wildman–Crippen MR) is 106 cm³/mol. The minimum absolute atomic E-state index is 0.0567. The fraction of sp³-hybridized carbons (Fsp3) is 0.435. The van der Waals surface area contributed by atoms with E-state index < -0.39 is 0 Å². The van der Waals surface area contributed by atoms with Gasteiger partial charge in [-0.05, 0) is 61.4 Å². The minimum Gasteiger partial charge on any atom is -0.394 e. The molecule has 0 heterocycles. The number of hydrogen-bond donors (Lipinski definition) is 2. The molecule has 1 atom stereocenters. The van der Waals surface area contributed by atoms with Gasteiger partial charge in [0.1, 0.15) is 0 Å². The van der Waals surface area contributed by atoms with Gasteiger partial charge in [0.25, 0.3) is 5.91 Å². The highest BCUT2D eigenvalue weighted by Crippen LogP contribution is 2.35. The molecule has 0 radical (unpaired) electrons. The number of rotatable bonds is 5. The maximum absolute atomic E-state index is 12.7. The van der Waals surface area contributed by atoms with Gasteiger partial charge in [-0.2, -0.15) is 0 Å². The second-order valence-corrected chi connectivity index (χ2v) is 7.60. The Balaban J connectivity index is 1.98. The van der Waals surface area contributed by atoms with Gasteiger partial charge in [0.05, 0.1) is 6.61 Å². The predicted octanol–water partition coefficient (Wildman–Crippen LogP) is 4.82. The number of hydrogen-bond acceptors (Lipinski definition) is 2. The van der Waals surface area contributed by atoms with Gasteiger partial charge < -0.3 is 10.4 Å². The third-order valence-electron chi connectivity index (χ3n) is 5.33. The lowest BCUT2D eigenvalue weighted by molar-refractivity contribution is 0.0922. The molecule has 1 saturated carbocycles. The molecule has 2 aromatic rings. The van der Waals surface area contributed by atoms with E-state index in [1.807, 2.05) is 19.1 Å². The highest BCUT2D eigenvalue weighted by atomic mass is 16.3. The second-order valence-electron chi connectivity index (χ2n) is 7.60. The van der Waals surface area contributed by atoms with Crippen LogP contribution in [0, 0.1) is 6.92 Å². The van der Waals surface area contributed by atoms with E-state index in [4.69, 9.17) is 0 Å². The molecule has 0 spiro atoms. The van der Waals surface area contributed by atoms with E-state index in [2.05, 4.69) is 42.6 Å². The van der Waals surface area contributed by atoms with E-state index in [0.717, 1.165) is 11.1 Å². The summed E-state index contributed by atoms with van der Waals surface area (Å²) in [6, 6.07) is 14.5. The summed E-state index contributed by atoms with van der Waals surface area (Å²) in [5.41, 5.74) is 5.41.